The number of aldehydes is 1. The molecule has 2 aromatic carbocycles. The van der Waals surface area contributed by atoms with Crippen molar-refractivity contribution < 1.29 is 36.9 Å². The second kappa shape index (κ2) is 12.2. The second-order valence-electron chi connectivity index (χ2n) is 10.0. The van der Waals surface area contributed by atoms with Gasteiger partial charge in [-0.05, 0) is 42.7 Å². The van der Waals surface area contributed by atoms with E-state index in [1.54, 1.807) is 48.5 Å². The molecule has 2 heterocycles. The molecule has 0 unspecified atom stereocenters. The number of nitrogen functional groups attached to an aromatic ring is 1. The van der Waals surface area contributed by atoms with Gasteiger partial charge in [-0.2, -0.15) is 0 Å². The van der Waals surface area contributed by atoms with E-state index < -0.39 is 27.8 Å². The van der Waals surface area contributed by atoms with Gasteiger partial charge in [-0.25, -0.2) is 17.9 Å². The lowest BCUT2D eigenvalue weighted by Gasteiger charge is -2.19. The van der Waals surface area contributed by atoms with E-state index >= 15 is 0 Å². The van der Waals surface area contributed by atoms with Crippen LogP contribution in [0.25, 0.3) is 33.4 Å². The number of nitrogens with one attached hydrogen (secondary N) is 2. The zero-order valence-electron chi connectivity index (χ0n) is 22.9. The molecule has 222 valence electrons. The van der Waals surface area contributed by atoms with Crippen molar-refractivity contribution >= 4 is 50.7 Å². The Balaban J connectivity index is 1.36. The molecular weight excluding hydrogens is 576 g/mol. The van der Waals surface area contributed by atoms with Crippen molar-refractivity contribution in [2.24, 2.45) is 0 Å². The van der Waals surface area contributed by atoms with E-state index in [0.29, 0.717) is 57.7 Å². The van der Waals surface area contributed by atoms with E-state index in [1.807, 2.05) is 0 Å². The molecule has 13 heteroatoms. The highest BCUT2D eigenvalue weighted by atomic mass is 32.2. The Labute approximate surface area is 246 Å². The summed E-state index contributed by atoms with van der Waals surface area (Å²) in [6, 6.07) is 14.8. The van der Waals surface area contributed by atoms with Crippen LogP contribution in [0.4, 0.5) is 5.69 Å². The fraction of sp³-hybridized carbons (Fsp3) is 0.233. The van der Waals surface area contributed by atoms with Gasteiger partial charge in [0.2, 0.25) is 10.0 Å². The minimum Gasteiger partial charge on any atom is -0.454 e. The van der Waals surface area contributed by atoms with E-state index in [2.05, 4.69) is 4.72 Å². The molecule has 4 N–H and O–H groups in total. The molecule has 1 fully saturated rings. The van der Waals surface area contributed by atoms with E-state index in [4.69, 9.17) is 20.4 Å². The summed E-state index contributed by atoms with van der Waals surface area (Å²) >= 11 is 0. The summed E-state index contributed by atoms with van der Waals surface area (Å²) in [5.74, 6) is -1.89. The van der Waals surface area contributed by atoms with E-state index in [0.717, 1.165) is 6.29 Å². The highest BCUT2D eigenvalue weighted by Crippen LogP contribution is 2.43. The molecule has 0 aromatic heterocycles. The quantitative estimate of drug-likeness (QED) is 0.0756. The SMILES string of the molecule is N=c1ccc2c(-c3ccccc3C=O)c3ccc(N)cc3oc-2c1S(=O)(=O)NCCCCCC(=O)ON1C(=O)CCC1=O. The van der Waals surface area contributed by atoms with Crippen LogP contribution < -0.4 is 15.8 Å². The number of fused-ring (bicyclic) bond motifs is 2. The number of imide groups is 1. The van der Waals surface area contributed by atoms with Crippen molar-refractivity contribution in [2.45, 2.75) is 43.4 Å². The number of carbonyl (C=O) groups excluding carboxylic acids is 4. The normalized spacial score (nSPS) is 13.6. The van der Waals surface area contributed by atoms with Gasteiger partial charge in [0.15, 0.2) is 16.9 Å². The lowest BCUT2D eigenvalue weighted by atomic mass is 9.91. The smallest absolute Gasteiger partial charge is 0.333 e. The summed E-state index contributed by atoms with van der Waals surface area (Å²) in [6.45, 7) is 0.0116. The van der Waals surface area contributed by atoms with Crippen LogP contribution >= 0.6 is 0 Å². The zero-order chi connectivity index (χ0) is 30.7. The van der Waals surface area contributed by atoms with Crippen molar-refractivity contribution in [3.63, 3.8) is 0 Å². The van der Waals surface area contributed by atoms with Crippen LogP contribution in [0.5, 0.6) is 0 Å². The number of benzene rings is 3. The van der Waals surface area contributed by atoms with Crippen LogP contribution in [-0.4, -0.2) is 44.1 Å². The lowest BCUT2D eigenvalue weighted by molar-refractivity contribution is -0.197. The summed E-state index contributed by atoms with van der Waals surface area (Å²) in [6.07, 6.45) is 1.84. The van der Waals surface area contributed by atoms with Crippen molar-refractivity contribution in [3.05, 3.63) is 65.5 Å². The number of anilines is 1. The van der Waals surface area contributed by atoms with Crippen LogP contribution in [0.3, 0.4) is 0 Å². The van der Waals surface area contributed by atoms with E-state index in [1.165, 1.54) is 6.07 Å². The standard InChI is InChI=1S/C30H28N4O8S/c31-19-9-10-21-24(16-19)41-29-22(28(21)20-7-4-3-6-18(20)17-35)11-12-23(32)30(29)43(39,40)33-15-5-1-2-8-27(38)42-34-25(36)13-14-26(34)37/h3-4,6-7,9-12,16-17,32-33H,1-2,5,8,13-15,31H2. The Morgan fingerprint density at radius 3 is 2.51 bits per heavy atom. The van der Waals surface area contributed by atoms with Gasteiger partial charge in [-0.15, -0.1) is 5.06 Å². The first-order valence-corrected chi connectivity index (χ1v) is 15.0. The number of hydroxylamine groups is 2. The number of sulfonamides is 1. The number of hydrogen-bond donors (Lipinski definition) is 3. The maximum atomic E-state index is 13.5. The summed E-state index contributed by atoms with van der Waals surface area (Å²) in [4.78, 5) is 51.5. The van der Waals surface area contributed by atoms with Gasteiger partial charge < -0.3 is 15.0 Å². The maximum absolute atomic E-state index is 13.5. The number of unbranched alkanes of at least 4 members (excludes halogenated alkanes) is 2. The molecule has 43 heavy (non-hydrogen) atoms. The number of amides is 2. The highest BCUT2D eigenvalue weighted by Gasteiger charge is 2.33. The van der Waals surface area contributed by atoms with Crippen molar-refractivity contribution in [2.75, 3.05) is 12.3 Å². The third kappa shape index (κ3) is 6.03. The Kier molecular flexibility index (Phi) is 8.37. The largest absolute Gasteiger partial charge is 0.454 e. The van der Waals surface area contributed by atoms with Crippen LogP contribution in [0.2, 0.25) is 0 Å². The Morgan fingerprint density at radius 2 is 1.77 bits per heavy atom. The molecule has 3 aliphatic rings. The maximum Gasteiger partial charge on any atom is 0.333 e. The van der Waals surface area contributed by atoms with Gasteiger partial charge in [-0.1, -0.05) is 30.7 Å². The molecule has 0 saturated carbocycles. The Bertz CT molecular complexity index is 1880. The molecule has 2 aromatic rings. The number of nitrogens with zero attached hydrogens (tertiary/aromatic N) is 1. The molecule has 0 spiro atoms. The Hall–Kier alpha value is -4.88. The molecule has 1 saturated heterocycles. The van der Waals surface area contributed by atoms with Crippen molar-refractivity contribution in [1.29, 1.82) is 5.41 Å². The average Bonchev–Trinajstić information content (AvgIpc) is 3.29. The third-order valence-corrected chi connectivity index (χ3v) is 8.57. The highest BCUT2D eigenvalue weighted by molar-refractivity contribution is 7.89. The van der Waals surface area contributed by atoms with Gasteiger partial charge in [0.25, 0.3) is 11.8 Å². The van der Waals surface area contributed by atoms with Gasteiger partial charge in [0.1, 0.15) is 5.58 Å². The fourth-order valence-electron chi connectivity index (χ4n) is 4.99. The minimum absolute atomic E-state index is 0.00784. The molecule has 1 aliphatic carbocycles. The topological polar surface area (TPSA) is 190 Å². The lowest BCUT2D eigenvalue weighted by Crippen LogP contribution is -2.32. The third-order valence-electron chi connectivity index (χ3n) is 7.04. The summed E-state index contributed by atoms with van der Waals surface area (Å²) in [7, 11) is -4.25. The summed E-state index contributed by atoms with van der Waals surface area (Å²) < 4.78 is 35.6. The molecule has 2 amide bonds. The molecule has 0 bridgehead atoms. The van der Waals surface area contributed by atoms with Gasteiger partial charge >= 0.3 is 5.97 Å². The molecule has 5 rings (SSSR count). The number of carbonyl (C=O) groups is 4. The monoisotopic (exact) mass is 604 g/mol. The van der Waals surface area contributed by atoms with Gasteiger partial charge in [-0.3, -0.25) is 19.8 Å². The number of hydrogen-bond acceptors (Lipinski definition) is 10. The van der Waals surface area contributed by atoms with Crippen molar-refractivity contribution in [3.8, 4) is 22.5 Å². The summed E-state index contributed by atoms with van der Waals surface area (Å²) in [5.41, 5.74) is 8.61. The minimum atomic E-state index is -4.25. The number of nitrogens with two attached hydrogens (primary N) is 1. The summed E-state index contributed by atoms with van der Waals surface area (Å²) in [5, 5.41) is 9.28. The van der Waals surface area contributed by atoms with E-state index in [9.17, 15) is 27.6 Å². The molecule has 0 radical (unpaired) electrons. The van der Waals surface area contributed by atoms with Crippen LogP contribution in [0.15, 0.2) is 63.9 Å². The second-order valence-corrected chi connectivity index (χ2v) is 11.7. The molecule has 0 atom stereocenters. The molecular formula is C30H28N4O8S. The average molecular weight is 605 g/mol. The first-order chi connectivity index (χ1) is 20.6. The van der Waals surface area contributed by atoms with Crippen LogP contribution in [0, 0.1) is 5.41 Å². The Morgan fingerprint density at radius 1 is 1.02 bits per heavy atom. The fourth-order valence-corrected chi connectivity index (χ4v) is 6.30. The molecule has 12 nitrogen and oxygen atoms in total. The zero-order valence-corrected chi connectivity index (χ0v) is 23.7. The van der Waals surface area contributed by atoms with Gasteiger partial charge in [0.05, 0.1) is 5.36 Å². The number of rotatable bonds is 11. The predicted octanol–water partition coefficient (Wildman–Crippen LogP) is 3.52. The molecule has 2 aliphatic heterocycles. The van der Waals surface area contributed by atoms with Crippen LogP contribution in [0.1, 0.15) is 48.9 Å². The first kappa shape index (κ1) is 29.6. The van der Waals surface area contributed by atoms with Gasteiger partial charge in [0, 0.05) is 59.6 Å². The van der Waals surface area contributed by atoms with Crippen molar-refractivity contribution in [1.82, 2.24) is 9.79 Å². The first-order valence-electron chi connectivity index (χ1n) is 13.5. The predicted molar refractivity (Wildman–Crippen MR) is 155 cm³/mol. The van der Waals surface area contributed by atoms with Crippen LogP contribution in [-0.2, 0) is 29.2 Å². The van der Waals surface area contributed by atoms with E-state index in [-0.39, 0.29) is 47.4 Å².